The second kappa shape index (κ2) is 11.7. The Labute approximate surface area is 245 Å². The van der Waals surface area contributed by atoms with Crippen molar-refractivity contribution in [3.63, 3.8) is 0 Å². The Morgan fingerprint density at radius 3 is 2.45 bits per heavy atom. The summed E-state index contributed by atoms with van der Waals surface area (Å²) in [6.45, 7) is -8.38. The minimum absolute atomic E-state index is 0.0222. The van der Waals surface area contributed by atoms with E-state index in [-0.39, 0.29) is 37.4 Å². The molecular formula is C31H33N5O4. The topological polar surface area (TPSA) is 94.2 Å². The van der Waals surface area contributed by atoms with Crippen LogP contribution in [0.3, 0.4) is 0 Å². The van der Waals surface area contributed by atoms with Gasteiger partial charge in [-0.25, -0.2) is 4.79 Å². The average molecular weight is 548 g/mol. The van der Waals surface area contributed by atoms with Gasteiger partial charge in [0.1, 0.15) is 0 Å². The summed E-state index contributed by atoms with van der Waals surface area (Å²) >= 11 is 0. The zero-order valence-corrected chi connectivity index (χ0v) is 21.7. The zero-order chi connectivity index (χ0) is 35.0. The van der Waals surface area contributed by atoms with Gasteiger partial charge in [0.2, 0.25) is 5.91 Å². The smallest absolute Gasteiger partial charge is 0.337 e. The first-order valence-corrected chi connectivity index (χ1v) is 12.6. The van der Waals surface area contributed by atoms with Crippen molar-refractivity contribution in [3.8, 4) is 0 Å². The first-order chi connectivity index (χ1) is 22.5. The van der Waals surface area contributed by atoms with Gasteiger partial charge in [0, 0.05) is 58.3 Å². The molecule has 0 spiro atoms. The monoisotopic (exact) mass is 547 g/mol. The maximum atomic E-state index is 13.6. The van der Waals surface area contributed by atoms with Gasteiger partial charge in [0.25, 0.3) is 5.91 Å². The van der Waals surface area contributed by atoms with Gasteiger partial charge in [-0.2, -0.15) is 0 Å². The van der Waals surface area contributed by atoms with Crippen molar-refractivity contribution >= 4 is 46.1 Å². The van der Waals surface area contributed by atoms with Crippen LogP contribution in [-0.4, -0.2) is 81.3 Å². The summed E-state index contributed by atoms with van der Waals surface area (Å²) in [6.07, 6.45) is 0. The molecule has 3 aromatic rings. The van der Waals surface area contributed by atoms with Crippen LogP contribution in [0.4, 0.5) is 17.1 Å². The number of hydrogen-bond donors (Lipinski definition) is 2. The highest BCUT2D eigenvalue weighted by molar-refractivity contribution is 6.37. The molecule has 0 unspecified atom stereocenters. The van der Waals surface area contributed by atoms with E-state index < -0.39 is 38.2 Å². The second-order valence-electron chi connectivity index (χ2n) is 9.22. The fraction of sp³-hybridized carbons (Fsp3) is 0.258. The molecule has 0 aromatic heterocycles. The number of benzene rings is 3. The predicted molar refractivity (Wildman–Crippen MR) is 157 cm³/mol. The number of amides is 2. The van der Waals surface area contributed by atoms with Gasteiger partial charge in [-0.1, -0.05) is 36.4 Å². The Morgan fingerprint density at radius 1 is 1.02 bits per heavy atom. The van der Waals surface area contributed by atoms with E-state index in [1.165, 1.54) is 42.3 Å². The van der Waals surface area contributed by atoms with Crippen molar-refractivity contribution in [1.29, 1.82) is 0 Å². The van der Waals surface area contributed by atoms with E-state index >= 15 is 0 Å². The highest BCUT2D eigenvalue weighted by atomic mass is 16.5. The fourth-order valence-electron chi connectivity index (χ4n) is 4.51. The van der Waals surface area contributed by atoms with Crippen LogP contribution in [0.25, 0.3) is 11.3 Å². The number of anilines is 3. The number of methoxy groups -OCH3 is 1. The molecule has 3 aromatic carbocycles. The molecule has 0 aliphatic carbocycles. The van der Waals surface area contributed by atoms with Gasteiger partial charge < -0.3 is 25.2 Å². The number of fused-ring (bicyclic) bond motifs is 1. The highest BCUT2D eigenvalue weighted by Gasteiger charge is 2.29. The van der Waals surface area contributed by atoms with Crippen LogP contribution in [-0.2, 0) is 14.3 Å². The summed E-state index contributed by atoms with van der Waals surface area (Å²) in [4.78, 5) is 41.7. The summed E-state index contributed by atoms with van der Waals surface area (Å²) < 4.78 is 68.9. The number of rotatable bonds is 7. The Hall–Kier alpha value is -4.47. The number of carbonyl (C=O) groups excluding carboxylic acids is 3. The number of piperazine rings is 1. The van der Waals surface area contributed by atoms with E-state index in [1.54, 1.807) is 36.4 Å². The first-order valence-electron chi connectivity index (χ1n) is 16.6. The molecule has 2 aliphatic heterocycles. The normalized spacial score (nSPS) is 20.6. The summed E-state index contributed by atoms with van der Waals surface area (Å²) in [5, 5.41) is 6.03. The molecule has 2 aliphatic rings. The third kappa shape index (κ3) is 5.75. The third-order valence-electron chi connectivity index (χ3n) is 6.63. The number of ether oxygens (including phenoxy) is 1. The van der Waals surface area contributed by atoms with Crippen LogP contribution in [0.15, 0.2) is 72.8 Å². The molecule has 2 heterocycles. The third-order valence-corrected chi connectivity index (χ3v) is 6.63. The van der Waals surface area contributed by atoms with Crippen molar-refractivity contribution in [2.24, 2.45) is 0 Å². The predicted octanol–water partition coefficient (Wildman–Crippen LogP) is 3.62. The number of hydrogen-bond acceptors (Lipinski definition) is 7. The number of nitrogens with zero attached hydrogens (tertiary/aromatic N) is 3. The molecule has 0 saturated carbocycles. The maximum absolute atomic E-state index is 13.6. The second-order valence-corrected chi connectivity index (χ2v) is 9.22. The van der Waals surface area contributed by atoms with Crippen LogP contribution in [0.1, 0.15) is 32.5 Å². The minimum atomic E-state index is -3.05. The van der Waals surface area contributed by atoms with Gasteiger partial charge >= 0.3 is 5.97 Å². The molecule has 1 saturated heterocycles. The number of nitrogens with one attached hydrogen (secondary N) is 2. The lowest BCUT2D eigenvalue weighted by molar-refractivity contribution is -0.119. The van der Waals surface area contributed by atoms with Crippen LogP contribution in [0.2, 0.25) is 0 Å². The van der Waals surface area contributed by atoms with Crippen LogP contribution in [0, 0.1) is 0 Å². The van der Waals surface area contributed by atoms with Crippen molar-refractivity contribution < 1.29 is 30.1 Å². The number of carbonyl (C=O) groups is 3. The zero-order valence-electron chi connectivity index (χ0n) is 29.7. The molecule has 0 radical (unpaired) electrons. The van der Waals surface area contributed by atoms with E-state index in [4.69, 9.17) is 15.7 Å². The molecular weight excluding hydrogens is 506 g/mol. The van der Waals surface area contributed by atoms with Gasteiger partial charge in [-0.15, -0.1) is 0 Å². The molecule has 2 N–H and O–H groups in total. The SMILES string of the molecule is [2H]C([2H])([2H])N1CCN(C([2H])([2H])C(=O)N(c2ccc(N/C(=C3\C(=O)Nc4cc(C(=O)OC)ccc43)c3ccccc3)cc2)C([2H])([2H])[2H])CC1. The summed E-state index contributed by atoms with van der Waals surface area (Å²) in [7, 11) is 1.26. The Morgan fingerprint density at radius 2 is 1.77 bits per heavy atom. The van der Waals surface area contributed by atoms with E-state index in [9.17, 15) is 14.4 Å². The lowest BCUT2D eigenvalue weighted by Crippen LogP contribution is -2.48. The fourth-order valence-corrected chi connectivity index (χ4v) is 4.51. The molecule has 9 heteroatoms. The molecule has 206 valence electrons. The molecule has 1 fully saturated rings. The van der Waals surface area contributed by atoms with E-state index in [0.29, 0.717) is 38.7 Å². The van der Waals surface area contributed by atoms with E-state index in [2.05, 4.69) is 10.6 Å². The van der Waals surface area contributed by atoms with Crippen molar-refractivity contribution in [3.05, 3.63) is 89.5 Å². The van der Waals surface area contributed by atoms with Crippen LogP contribution in [0.5, 0.6) is 0 Å². The van der Waals surface area contributed by atoms with Crippen LogP contribution < -0.4 is 15.5 Å². The summed E-state index contributed by atoms with van der Waals surface area (Å²) in [6, 6.07) is 19.4. The molecule has 9 nitrogen and oxygen atoms in total. The van der Waals surface area contributed by atoms with Crippen molar-refractivity contribution in [1.82, 2.24) is 9.80 Å². The average Bonchev–Trinajstić information content (AvgIpc) is 3.37. The maximum Gasteiger partial charge on any atom is 0.337 e. The molecule has 2 amide bonds. The largest absolute Gasteiger partial charge is 0.465 e. The Bertz CT molecular complexity index is 1740. The molecule has 0 bridgehead atoms. The molecule has 5 rings (SSSR count). The highest BCUT2D eigenvalue weighted by Crippen LogP contribution is 2.38. The van der Waals surface area contributed by atoms with E-state index in [0.717, 1.165) is 4.90 Å². The summed E-state index contributed by atoms with van der Waals surface area (Å²) in [5.41, 5.74) is 2.93. The molecule has 40 heavy (non-hydrogen) atoms. The first kappa shape index (κ1) is 18.8. The Kier molecular flexibility index (Phi) is 5.50. The summed E-state index contributed by atoms with van der Waals surface area (Å²) in [5.74, 6) is -2.29. The van der Waals surface area contributed by atoms with Crippen LogP contribution >= 0.6 is 0 Å². The lowest BCUT2D eigenvalue weighted by Gasteiger charge is -2.32. The standard InChI is InChI=1S/C31H33N5O4/c1-34-15-17-36(18-16-34)20-27(37)35(2)24-12-10-23(11-13-24)32-29(21-7-5-4-6-8-21)28-25-14-9-22(31(39)40-3)19-26(25)33-30(28)38/h4-14,19,32H,15-18,20H2,1-3H3,(H,33,38)/b29-28-/i1D3,2D3,20D2. The lowest BCUT2D eigenvalue weighted by atomic mass is 9.99. The quantitative estimate of drug-likeness (QED) is 0.345. The van der Waals surface area contributed by atoms with Crippen molar-refractivity contribution in [2.75, 3.05) is 69.3 Å². The van der Waals surface area contributed by atoms with Gasteiger partial charge in [0.15, 0.2) is 0 Å². The number of likely N-dealkylation sites (N-methyl/N-ethyl adjacent to an activating group) is 2. The Balaban J connectivity index is 1.45. The number of esters is 1. The molecule has 0 atom stereocenters. The van der Waals surface area contributed by atoms with Gasteiger partial charge in [-0.3, -0.25) is 14.5 Å². The van der Waals surface area contributed by atoms with Crippen molar-refractivity contribution in [2.45, 2.75) is 0 Å². The van der Waals surface area contributed by atoms with Gasteiger partial charge in [-0.05, 0) is 48.9 Å². The van der Waals surface area contributed by atoms with Gasteiger partial charge in [0.05, 0.1) is 38.9 Å². The minimum Gasteiger partial charge on any atom is -0.465 e. The van der Waals surface area contributed by atoms with E-state index in [1.807, 2.05) is 6.07 Å².